The summed E-state index contributed by atoms with van der Waals surface area (Å²) in [5.74, 6) is -2.36. The van der Waals surface area contributed by atoms with E-state index >= 15 is 0 Å². The van der Waals surface area contributed by atoms with Crippen molar-refractivity contribution in [2.24, 2.45) is 23.7 Å². The molecule has 6 heteroatoms. The fraction of sp³-hybridized carbons (Fsp3) is 0.409. The third kappa shape index (κ3) is 3.26. The maximum absolute atomic E-state index is 13.0. The molecule has 0 aliphatic heterocycles. The Balaban J connectivity index is 1.59. The van der Waals surface area contributed by atoms with E-state index in [9.17, 15) is 14.7 Å². The number of benzene rings is 1. The van der Waals surface area contributed by atoms with Crippen LogP contribution in [0.5, 0.6) is 0 Å². The molecule has 1 aromatic heterocycles. The highest BCUT2D eigenvalue weighted by molar-refractivity contribution is 7.16. The molecule has 146 valence electrons. The van der Waals surface area contributed by atoms with Crippen molar-refractivity contribution in [2.75, 3.05) is 5.32 Å². The predicted octanol–water partition coefficient (Wildman–Crippen LogP) is 4.59. The van der Waals surface area contributed by atoms with Crippen LogP contribution in [-0.4, -0.2) is 22.0 Å². The second-order valence-corrected chi connectivity index (χ2v) is 9.11. The molecule has 1 aromatic carbocycles. The lowest BCUT2D eigenvalue weighted by molar-refractivity contribution is -0.151. The molecule has 2 N–H and O–H groups in total. The highest BCUT2D eigenvalue weighted by atomic mass is 32.1. The Bertz CT molecular complexity index is 978. The van der Waals surface area contributed by atoms with Crippen molar-refractivity contribution in [3.05, 3.63) is 46.4 Å². The van der Waals surface area contributed by atoms with Crippen molar-refractivity contribution in [3.63, 3.8) is 0 Å². The first kappa shape index (κ1) is 18.9. The number of carbonyl (C=O) groups excluding carboxylic acids is 1. The van der Waals surface area contributed by atoms with Gasteiger partial charge in [-0.15, -0.1) is 11.3 Å². The fourth-order valence-electron chi connectivity index (χ4n) is 4.66. The standard InChI is InChI=1S/C22H24N2O3S/c1-11-4-9-16(12(2)10-11)19-13(3)28-22(23-19)24-20(25)17-14-5-7-15(8-6-14)18(17)21(26)27/h4-5,7,9-10,14-15,17-18H,6,8H2,1-3H3,(H,26,27)(H,23,24,25)/t14-,15-,17-,18-/m0/s1. The van der Waals surface area contributed by atoms with Gasteiger partial charge in [-0.1, -0.05) is 35.9 Å². The number of amides is 1. The average Bonchev–Trinajstić information content (AvgIpc) is 3.01. The van der Waals surface area contributed by atoms with Crippen LogP contribution in [0, 0.1) is 44.4 Å². The van der Waals surface area contributed by atoms with Crippen molar-refractivity contribution < 1.29 is 14.7 Å². The Hall–Kier alpha value is -2.47. The zero-order valence-corrected chi connectivity index (χ0v) is 17.0. The minimum Gasteiger partial charge on any atom is -0.481 e. The Morgan fingerprint density at radius 1 is 1.11 bits per heavy atom. The predicted molar refractivity (Wildman–Crippen MR) is 110 cm³/mol. The van der Waals surface area contributed by atoms with Crippen molar-refractivity contribution in [1.82, 2.24) is 4.98 Å². The number of carboxylic acids is 1. The van der Waals surface area contributed by atoms with Crippen LogP contribution in [-0.2, 0) is 9.59 Å². The van der Waals surface area contributed by atoms with Crippen LogP contribution in [0.4, 0.5) is 5.13 Å². The number of thiazole rings is 1. The van der Waals surface area contributed by atoms with Gasteiger partial charge in [0.2, 0.25) is 5.91 Å². The fourth-order valence-corrected chi connectivity index (χ4v) is 5.49. The van der Waals surface area contributed by atoms with E-state index in [0.717, 1.165) is 34.5 Å². The van der Waals surface area contributed by atoms with Crippen LogP contribution < -0.4 is 5.32 Å². The first-order valence-corrected chi connectivity index (χ1v) is 10.4. The van der Waals surface area contributed by atoms with Crippen LogP contribution in [0.2, 0.25) is 0 Å². The second-order valence-electron chi connectivity index (χ2n) is 7.91. The van der Waals surface area contributed by atoms with Crippen LogP contribution in [0.3, 0.4) is 0 Å². The van der Waals surface area contributed by atoms with Gasteiger partial charge in [0.1, 0.15) is 0 Å². The van der Waals surface area contributed by atoms with Gasteiger partial charge in [-0.05, 0) is 51.0 Å². The third-order valence-electron chi connectivity index (χ3n) is 6.00. The third-order valence-corrected chi connectivity index (χ3v) is 6.89. The molecule has 5 nitrogen and oxygen atoms in total. The highest BCUT2D eigenvalue weighted by Gasteiger charge is 2.48. The van der Waals surface area contributed by atoms with E-state index in [-0.39, 0.29) is 17.7 Å². The number of fused-ring (bicyclic) bond motifs is 2. The van der Waals surface area contributed by atoms with Gasteiger partial charge in [0.25, 0.3) is 0 Å². The van der Waals surface area contributed by atoms with Crippen LogP contribution in [0.15, 0.2) is 30.4 Å². The summed E-state index contributed by atoms with van der Waals surface area (Å²) in [7, 11) is 0. The number of anilines is 1. The van der Waals surface area contributed by atoms with E-state index in [1.165, 1.54) is 16.9 Å². The lowest BCUT2D eigenvalue weighted by Gasteiger charge is -2.41. The van der Waals surface area contributed by atoms with Gasteiger partial charge in [-0.2, -0.15) is 0 Å². The molecule has 1 amide bonds. The maximum atomic E-state index is 13.0. The molecule has 5 rings (SSSR count). The smallest absolute Gasteiger partial charge is 0.307 e. The molecule has 3 aliphatic carbocycles. The maximum Gasteiger partial charge on any atom is 0.307 e. The molecule has 0 spiro atoms. The molecule has 28 heavy (non-hydrogen) atoms. The Morgan fingerprint density at radius 2 is 1.79 bits per heavy atom. The van der Waals surface area contributed by atoms with Crippen molar-refractivity contribution >= 4 is 28.3 Å². The van der Waals surface area contributed by atoms with Crippen LogP contribution in [0.1, 0.15) is 28.8 Å². The van der Waals surface area contributed by atoms with Gasteiger partial charge in [-0.25, -0.2) is 4.98 Å². The molecule has 0 radical (unpaired) electrons. The van der Waals surface area contributed by atoms with Gasteiger partial charge >= 0.3 is 5.97 Å². The summed E-state index contributed by atoms with van der Waals surface area (Å²) in [6.45, 7) is 6.11. The Morgan fingerprint density at radius 3 is 2.39 bits per heavy atom. The Labute approximate surface area is 168 Å². The quantitative estimate of drug-likeness (QED) is 0.741. The average molecular weight is 397 g/mol. The highest BCUT2D eigenvalue weighted by Crippen LogP contribution is 2.45. The van der Waals surface area contributed by atoms with E-state index in [1.54, 1.807) is 0 Å². The Kier molecular flexibility index (Phi) is 4.83. The normalized spacial score (nSPS) is 25.7. The van der Waals surface area contributed by atoms with Gasteiger partial charge in [0, 0.05) is 10.4 Å². The number of nitrogens with zero attached hydrogens (tertiary/aromatic N) is 1. The zero-order chi connectivity index (χ0) is 20.0. The number of hydrogen-bond donors (Lipinski definition) is 2. The topological polar surface area (TPSA) is 79.3 Å². The number of nitrogens with one attached hydrogen (secondary N) is 1. The molecular weight excluding hydrogens is 372 g/mol. The molecule has 0 saturated heterocycles. The van der Waals surface area contributed by atoms with E-state index in [2.05, 4.69) is 42.3 Å². The molecule has 0 unspecified atom stereocenters. The number of aryl methyl sites for hydroxylation is 3. The molecule has 1 heterocycles. The minimum absolute atomic E-state index is 0.00836. The summed E-state index contributed by atoms with van der Waals surface area (Å²) >= 11 is 1.44. The monoisotopic (exact) mass is 396 g/mol. The summed E-state index contributed by atoms with van der Waals surface area (Å²) in [5.41, 5.74) is 4.27. The number of hydrogen-bond acceptors (Lipinski definition) is 4. The van der Waals surface area contributed by atoms with E-state index in [4.69, 9.17) is 0 Å². The molecule has 2 aromatic rings. The second kappa shape index (κ2) is 7.17. The SMILES string of the molecule is Cc1ccc(-c2nc(NC(=O)[C@@H]3[C@@H](C(=O)O)[C@H]4C=C[C@H]3CC4)sc2C)c(C)c1. The first-order chi connectivity index (χ1) is 13.3. The van der Waals surface area contributed by atoms with Gasteiger partial charge in [0.15, 0.2) is 5.13 Å². The number of aromatic nitrogens is 1. The summed E-state index contributed by atoms with van der Waals surface area (Å²) in [4.78, 5) is 30.5. The van der Waals surface area contributed by atoms with Gasteiger partial charge in [0.05, 0.1) is 17.5 Å². The van der Waals surface area contributed by atoms with Crippen molar-refractivity contribution in [2.45, 2.75) is 33.6 Å². The summed E-state index contributed by atoms with van der Waals surface area (Å²) in [5, 5.41) is 13.1. The van der Waals surface area contributed by atoms with E-state index in [1.807, 2.05) is 19.1 Å². The van der Waals surface area contributed by atoms with Crippen molar-refractivity contribution in [3.8, 4) is 11.3 Å². The molecule has 1 fully saturated rings. The number of carboxylic acid groups (broad SMARTS) is 1. The number of allylic oxidation sites excluding steroid dienone is 2. The summed E-state index contributed by atoms with van der Waals surface area (Å²) in [6, 6.07) is 6.24. The van der Waals surface area contributed by atoms with Gasteiger partial charge in [-0.3, -0.25) is 9.59 Å². The zero-order valence-electron chi connectivity index (χ0n) is 16.2. The minimum atomic E-state index is -0.884. The molecule has 1 saturated carbocycles. The van der Waals surface area contributed by atoms with Crippen LogP contribution in [0.25, 0.3) is 11.3 Å². The van der Waals surface area contributed by atoms with Crippen LogP contribution >= 0.6 is 11.3 Å². The lowest BCUT2D eigenvalue weighted by atomic mass is 9.62. The van der Waals surface area contributed by atoms with Crippen molar-refractivity contribution in [1.29, 1.82) is 0 Å². The lowest BCUT2D eigenvalue weighted by Crippen LogP contribution is -2.47. The van der Waals surface area contributed by atoms with E-state index in [0.29, 0.717) is 5.13 Å². The van der Waals surface area contributed by atoms with E-state index < -0.39 is 17.8 Å². The molecular formula is C22H24N2O3S. The molecule has 2 bridgehead atoms. The first-order valence-electron chi connectivity index (χ1n) is 9.62. The molecule has 4 atom stereocenters. The largest absolute Gasteiger partial charge is 0.481 e. The summed E-state index contributed by atoms with van der Waals surface area (Å²) in [6.07, 6.45) is 5.71. The summed E-state index contributed by atoms with van der Waals surface area (Å²) < 4.78 is 0. The number of rotatable bonds is 4. The molecule has 3 aliphatic rings. The number of aliphatic carboxylic acids is 1. The van der Waals surface area contributed by atoms with Gasteiger partial charge < -0.3 is 10.4 Å². The number of carbonyl (C=O) groups is 2.